The molecule has 0 fully saturated rings. The van der Waals surface area contributed by atoms with Crippen LogP contribution in [0.4, 0.5) is 13.2 Å². The molecule has 2 heterocycles. The fourth-order valence-corrected chi connectivity index (χ4v) is 4.82. The number of alkyl halides is 3. The average molecular weight is 608 g/mol. The maximum absolute atomic E-state index is 13.6. The Morgan fingerprint density at radius 1 is 1.05 bits per heavy atom. The predicted octanol–water partition coefficient (Wildman–Crippen LogP) is 2.60. The van der Waals surface area contributed by atoms with E-state index >= 15 is 0 Å². The van der Waals surface area contributed by atoms with E-state index in [1.807, 2.05) is 44.2 Å². The number of aryl methyl sites for hydroxylation is 1. The zero-order valence-electron chi connectivity index (χ0n) is 24.7. The molecule has 0 bridgehead atoms. The molecule has 0 aliphatic carbocycles. The number of hydrogen-bond acceptors (Lipinski definition) is 6. The van der Waals surface area contributed by atoms with E-state index < -0.39 is 48.8 Å². The molecule has 0 radical (unpaired) electrons. The van der Waals surface area contributed by atoms with Gasteiger partial charge in [-0.05, 0) is 31.2 Å². The minimum atomic E-state index is -4.47. The molecule has 14 heteroatoms. The number of hydrogen-bond donors (Lipinski definition) is 3. The third-order valence-electron chi connectivity index (χ3n) is 7.01. The molecule has 0 saturated carbocycles. The normalized spacial score (nSPS) is 20.0. The van der Waals surface area contributed by atoms with Gasteiger partial charge in [0.05, 0.1) is 12.5 Å². The minimum absolute atomic E-state index is 0.0422. The first kappa shape index (κ1) is 33.5. The Hall–Kier alpha value is -3.97. The Morgan fingerprint density at radius 3 is 2.42 bits per heavy atom. The molecule has 3 rings (SSSR count). The molecule has 0 spiro atoms. The van der Waals surface area contributed by atoms with Crippen molar-refractivity contribution in [3.8, 4) is 0 Å². The second-order valence-electron chi connectivity index (χ2n) is 11.0. The number of nitrogens with zero attached hydrogens (tertiary/aromatic N) is 4. The Bertz CT molecular complexity index is 1250. The van der Waals surface area contributed by atoms with E-state index in [-0.39, 0.29) is 57.3 Å². The van der Waals surface area contributed by atoms with Crippen LogP contribution in [0.3, 0.4) is 0 Å². The van der Waals surface area contributed by atoms with Gasteiger partial charge in [0.1, 0.15) is 18.4 Å². The lowest BCUT2D eigenvalue weighted by Gasteiger charge is -2.26. The number of carbonyl (C=O) groups excluding carboxylic acids is 4. The van der Waals surface area contributed by atoms with Crippen molar-refractivity contribution in [2.24, 2.45) is 5.92 Å². The number of carbonyl (C=O) groups is 4. The molecule has 236 valence electrons. The molecule has 0 unspecified atom stereocenters. The number of rotatable bonds is 5. The molecule has 1 aliphatic heterocycles. The first-order valence-electron chi connectivity index (χ1n) is 14.5. The summed E-state index contributed by atoms with van der Waals surface area (Å²) in [6.45, 7) is 5.65. The second kappa shape index (κ2) is 15.5. The van der Waals surface area contributed by atoms with Gasteiger partial charge in [0.25, 0.3) is 0 Å². The van der Waals surface area contributed by atoms with Crippen molar-refractivity contribution < 1.29 is 32.3 Å². The summed E-state index contributed by atoms with van der Waals surface area (Å²) in [4.78, 5) is 57.8. The zero-order chi connectivity index (χ0) is 31.6. The van der Waals surface area contributed by atoms with E-state index in [1.165, 1.54) is 9.58 Å². The first-order valence-corrected chi connectivity index (χ1v) is 14.5. The molecular weight excluding hydrogens is 567 g/mol. The van der Waals surface area contributed by atoms with Gasteiger partial charge in [0.2, 0.25) is 23.6 Å². The van der Waals surface area contributed by atoms with Crippen LogP contribution in [0.15, 0.2) is 30.3 Å². The Balaban J connectivity index is 1.87. The topological polar surface area (TPSA) is 138 Å². The summed E-state index contributed by atoms with van der Waals surface area (Å²) < 4.78 is 39.7. The molecule has 43 heavy (non-hydrogen) atoms. The summed E-state index contributed by atoms with van der Waals surface area (Å²) in [6.07, 6.45) is -5.75. The Morgan fingerprint density at radius 2 is 1.74 bits per heavy atom. The largest absolute Gasteiger partial charge is 0.389 e. The van der Waals surface area contributed by atoms with Gasteiger partial charge in [-0.2, -0.15) is 18.3 Å². The number of nitrogens with one attached hydrogen (secondary N) is 3. The highest BCUT2D eigenvalue weighted by atomic mass is 19.4. The van der Waals surface area contributed by atoms with Crippen LogP contribution in [0.25, 0.3) is 0 Å². The van der Waals surface area contributed by atoms with E-state index in [2.05, 4.69) is 26.0 Å². The summed E-state index contributed by atoms with van der Waals surface area (Å²) in [5.74, 6) is -1.25. The van der Waals surface area contributed by atoms with E-state index in [0.29, 0.717) is 18.1 Å². The number of amides is 4. The van der Waals surface area contributed by atoms with Gasteiger partial charge in [-0.3, -0.25) is 19.2 Å². The number of halogens is 3. The fraction of sp³-hybridized carbons (Fsp3) is 0.586. The predicted molar refractivity (Wildman–Crippen MR) is 151 cm³/mol. The van der Waals surface area contributed by atoms with Gasteiger partial charge < -0.3 is 20.9 Å². The SMILES string of the molecule is Cc1nc2n(n1)CC(=O)NCCCN(C(=O)CCC(F)(F)F)CCCC(=O)N[C@H](Cc1ccccc1)C(=O)N[C@H]2C(C)C. The zero-order valence-corrected chi connectivity index (χ0v) is 24.7. The van der Waals surface area contributed by atoms with E-state index in [9.17, 15) is 32.3 Å². The van der Waals surface area contributed by atoms with E-state index in [4.69, 9.17) is 0 Å². The van der Waals surface area contributed by atoms with Crippen LogP contribution < -0.4 is 16.0 Å². The van der Waals surface area contributed by atoms with Crippen LogP contribution in [-0.4, -0.2) is 75.1 Å². The molecule has 2 aromatic rings. The van der Waals surface area contributed by atoms with Gasteiger partial charge in [-0.25, -0.2) is 9.67 Å². The van der Waals surface area contributed by atoms with Crippen LogP contribution in [-0.2, 0) is 32.1 Å². The third-order valence-corrected chi connectivity index (χ3v) is 7.01. The first-order chi connectivity index (χ1) is 20.3. The van der Waals surface area contributed by atoms with E-state index in [1.54, 1.807) is 6.92 Å². The average Bonchev–Trinajstić information content (AvgIpc) is 3.29. The van der Waals surface area contributed by atoms with Gasteiger partial charge in [0, 0.05) is 38.9 Å². The second-order valence-corrected chi connectivity index (χ2v) is 11.0. The highest BCUT2D eigenvalue weighted by Gasteiger charge is 2.31. The third kappa shape index (κ3) is 11.0. The van der Waals surface area contributed by atoms with Crippen LogP contribution in [0.5, 0.6) is 0 Å². The lowest BCUT2D eigenvalue weighted by atomic mass is 10.0. The summed E-state index contributed by atoms with van der Waals surface area (Å²) >= 11 is 0. The molecule has 1 aromatic carbocycles. The van der Waals surface area contributed by atoms with Gasteiger partial charge in [-0.1, -0.05) is 44.2 Å². The monoisotopic (exact) mass is 607 g/mol. The van der Waals surface area contributed by atoms with Gasteiger partial charge in [-0.15, -0.1) is 0 Å². The quantitative estimate of drug-likeness (QED) is 0.478. The van der Waals surface area contributed by atoms with E-state index in [0.717, 1.165) is 5.56 Å². The van der Waals surface area contributed by atoms with Crippen LogP contribution in [0, 0.1) is 12.8 Å². The molecule has 1 aliphatic rings. The molecule has 11 nitrogen and oxygen atoms in total. The number of benzene rings is 1. The summed E-state index contributed by atoms with van der Waals surface area (Å²) in [5.41, 5.74) is 0.823. The minimum Gasteiger partial charge on any atom is -0.354 e. The molecule has 1 aromatic heterocycles. The maximum atomic E-state index is 13.6. The van der Waals surface area contributed by atoms with Crippen molar-refractivity contribution in [1.29, 1.82) is 0 Å². The van der Waals surface area contributed by atoms with Crippen molar-refractivity contribution in [3.05, 3.63) is 47.5 Å². The Labute approximate surface area is 249 Å². The Kier molecular flexibility index (Phi) is 12.1. The fourth-order valence-electron chi connectivity index (χ4n) is 4.82. The standard InChI is InChI=1S/C29H40F3N7O4/c1-19(2)26-27-34-20(3)37-39(27)18-24(41)33-14-8-16-38(25(42)12-13-29(30,31)32)15-7-11-23(40)35-22(28(43)36-26)17-21-9-5-4-6-10-21/h4-6,9-10,19,22,26H,7-8,11-18H2,1-3H3,(H,33,41)(H,35,40)(H,36,43)/t22-,26+/m1/s1. The smallest absolute Gasteiger partial charge is 0.354 e. The van der Waals surface area contributed by atoms with Crippen molar-refractivity contribution in [3.63, 3.8) is 0 Å². The number of aromatic nitrogens is 3. The van der Waals surface area contributed by atoms with Crippen LogP contribution in [0.2, 0.25) is 0 Å². The van der Waals surface area contributed by atoms with Crippen molar-refractivity contribution in [2.45, 2.75) is 84.1 Å². The molecule has 3 N–H and O–H groups in total. The number of fused-ring (bicyclic) bond motifs is 1. The van der Waals surface area contributed by atoms with Gasteiger partial charge >= 0.3 is 6.18 Å². The van der Waals surface area contributed by atoms with Crippen molar-refractivity contribution in [1.82, 2.24) is 35.6 Å². The lowest BCUT2D eigenvalue weighted by molar-refractivity contribution is -0.149. The highest BCUT2D eigenvalue weighted by molar-refractivity contribution is 5.88. The summed E-state index contributed by atoms with van der Waals surface area (Å²) in [6, 6.07) is 7.63. The maximum Gasteiger partial charge on any atom is 0.389 e. The summed E-state index contributed by atoms with van der Waals surface area (Å²) in [5, 5.41) is 12.9. The van der Waals surface area contributed by atoms with Crippen molar-refractivity contribution in [2.75, 3.05) is 19.6 Å². The molecule has 0 saturated heterocycles. The highest BCUT2D eigenvalue weighted by Crippen LogP contribution is 2.23. The summed E-state index contributed by atoms with van der Waals surface area (Å²) in [7, 11) is 0. The molecular formula is C29H40F3N7O4. The van der Waals surface area contributed by atoms with Crippen molar-refractivity contribution >= 4 is 23.6 Å². The van der Waals surface area contributed by atoms with Crippen LogP contribution in [0.1, 0.15) is 69.2 Å². The lowest BCUT2D eigenvalue weighted by Crippen LogP contribution is -2.50. The molecule has 4 amide bonds. The van der Waals surface area contributed by atoms with Gasteiger partial charge in [0.15, 0.2) is 5.82 Å². The van der Waals surface area contributed by atoms with Crippen LogP contribution >= 0.6 is 0 Å². The molecule has 2 atom stereocenters.